The molecule has 0 saturated carbocycles. The van der Waals surface area contributed by atoms with Crippen LogP contribution in [0.25, 0.3) is 0 Å². The van der Waals surface area contributed by atoms with E-state index in [0.29, 0.717) is 11.6 Å². The third-order valence-electron chi connectivity index (χ3n) is 3.53. The van der Waals surface area contributed by atoms with Crippen LogP contribution in [0.4, 0.5) is 0 Å². The lowest BCUT2D eigenvalue weighted by molar-refractivity contribution is 0.214. The van der Waals surface area contributed by atoms with E-state index in [9.17, 15) is 8.42 Å². The van der Waals surface area contributed by atoms with Crippen molar-refractivity contribution in [1.82, 2.24) is 9.88 Å². The molecule has 1 unspecified atom stereocenters. The lowest BCUT2D eigenvalue weighted by atomic mass is 10.2. The van der Waals surface area contributed by atoms with Gasteiger partial charge in [0.1, 0.15) is 0 Å². The van der Waals surface area contributed by atoms with Crippen LogP contribution in [-0.4, -0.2) is 49.5 Å². The van der Waals surface area contributed by atoms with Crippen molar-refractivity contribution >= 4 is 9.84 Å². The molecule has 0 aliphatic carbocycles. The third-order valence-corrected chi connectivity index (χ3v) is 5.28. The van der Waals surface area contributed by atoms with Crippen molar-refractivity contribution in [3.8, 4) is 5.88 Å². The molecule has 0 radical (unpaired) electrons. The van der Waals surface area contributed by atoms with Gasteiger partial charge in [-0.2, -0.15) is 0 Å². The summed E-state index contributed by atoms with van der Waals surface area (Å²) in [4.78, 5) is 6.28. The van der Waals surface area contributed by atoms with Crippen molar-refractivity contribution in [2.45, 2.75) is 25.9 Å². The molecule has 106 valence electrons. The molecule has 0 aromatic carbocycles. The molecule has 0 spiro atoms. The van der Waals surface area contributed by atoms with Crippen LogP contribution in [0, 0.1) is 0 Å². The predicted molar refractivity (Wildman–Crippen MR) is 73.9 cm³/mol. The molecule has 1 aromatic rings. The highest BCUT2D eigenvalue weighted by Gasteiger charge is 2.31. The van der Waals surface area contributed by atoms with Crippen LogP contribution in [0.15, 0.2) is 18.3 Å². The quantitative estimate of drug-likeness (QED) is 0.810. The van der Waals surface area contributed by atoms with Gasteiger partial charge >= 0.3 is 0 Å². The highest BCUT2D eigenvalue weighted by molar-refractivity contribution is 7.91. The van der Waals surface area contributed by atoms with E-state index < -0.39 is 9.84 Å². The second kappa shape index (κ2) is 5.88. The Kier molecular flexibility index (Phi) is 4.42. The fourth-order valence-corrected chi connectivity index (χ4v) is 4.22. The molecule has 1 atom stereocenters. The van der Waals surface area contributed by atoms with Crippen LogP contribution >= 0.6 is 0 Å². The van der Waals surface area contributed by atoms with Gasteiger partial charge in [0, 0.05) is 24.8 Å². The van der Waals surface area contributed by atoms with E-state index in [4.69, 9.17) is 4.74 Å². The Morgan fingerprint density at radius 2 is 2.32 bits per heavy atom. The molecule has 19 heavy (non-hydrogen) atoms. The SMILES string of the molecule is CCN(Cc1ccnc(OC)c1)C1CCS(=O)(=O)C1. The first-order chi connectivity index (χ1) is 9.04. The predicted octanol–water partition coefficient (Wildman–Crippen LogP) is 1.10. The Hall–Kier alpha value is -1.14. The molecule has 2 heterocycles. The fourth-order valence-electron chi connectivity index (χ4n) is 2.46. The number of methoxy groups -OCH3 is 1. The Balaban J connectivity index is 2.06. The van der Waals surface area contributed by atoms with E-state index in [-0.39, 0.29) is 11.8 Å². The van der Waals surface area contributed by atoms with Gasteiger partial charge < -0.3 is 4.74 Å². The van der Waals surface area contributed by atoms with Gasteiger partial charge in [0.15, 0.2) is 9.84 Å². The minimum atomic E-state index is -2.83. The van der Waals surface area contributed by atoms with Crippen LogP contribution in [0.3, 0.4) is 0 Å². The summed E-state index contributed by atoms with van der Waals surface area (Å²) < 4.78 is 28.2. The van der Waals surface area contributed by atoms with Crippen molar-refractivity contribution in [3.63, 3.8) is 0 Å². The van der Waals surface area contributed by atoms with Crippen LogP contribution < -0.4 is 4.74 Å². The normalized spacial score (nSPS) is 21.7. The van der Waals surface area contributed by atoms with Crippen molar-refractivity contribution in [1.29, 1.82) is 0 Å². The summed E-state index contributed by atoms with van der Waals surface area (Å²) in [6, 6.07) is 3.97. The summed E-state index contributed by atoms with van der Waals surface area (Å²) in [7, 11) is -1.24. The zero-order valence-electron chi connectivity index (χ0n) is 11.4. The Bertz CT molecular complexity index is 530. The zero-order valence-corrected chi connectivity index (χ0v) is 12.2. The number of nitrogens with zero attached hydrogens (tertiary/aromatic N) is 2. The summed E-state index contributed by atoms with van der Waals surface area (Å²) in [6.45, 7) is 3.63. The number of aromatic nitrogens is 1. The lowest BCUT2D eigenvalue weighted by Gasteiger charge is -2.26. The second-order valence-corrected chi connectivity index (χ2v) is 7.06. The van der Waals surface area contributed by atoms with Crippen LogP contribution in [0.2, 0.25) is 0 Å². The fraction of sp³-hybridized carbons (Fsp3) is 0.615. The highest BCUT2D eigenvalue weighted by Crippen LogP contribution is 2.20. The number of rotatable bonds is 5. The number of ether oxygens (including phenoxy) is 1. The van der Waals surface area contributed by atoms with Crippen LogP contribution in [0.1, 0.15) is 18.9 Å². The molecule has 1 fully saturated rings. The Labute approximate surface area is 114 Å². The molecule has 6 heteroatoms. The summed E-state index contributed by atoms with van der Waals surface area (Å²) in [5.41, 5.74) is 1.10. The number of pyridine rings is 1. The van der Waals surface area contributed by atoms with Crippen LogP contribution in [-0.2, 0) is 16.4 Å². The largest absolute Gasteiger partial charge is 0.481 e. The van der Waals surface area contributed by atoms with E-state index in [2.05, 4.69) is 16.8 Å². The maximum atomic E-state index is 11.6. The molecular formula is C13H20N2O3S. The summed E-state index contributed by atoms with van der Waals surface area (Å²) in [5, 5.41) is 0. The van der Waals surface area contributed by atoms with Gasteiger partial charge in [-0.15, -0.1) is 0 Å². The first kappa shape index (κ1) is 14.3. The molecule has 0 amide bonds. The average molecular weight is 284 g/mol. The summed E-state index contributed by atoms with van der Waals surface area (Å²) >= 11 is 0. The van der Waals surface area contributed by atoms with E-state index in [1.54, 1.807) is 13.3 Å². The van der Waals surface area contributed by atoms with Gasteiger partial charge in [-0.3, -0.25) is 4.90 Å². The van der Waals surface area contributed by atoms with Crippen molar-refractivity contribution in [2.24, 2.45) is 0 Å². The van der Waals surface area contributed by atoms with Gasteiger partial charge in [-0.1, -0.05) is 6.92 Å². The summed E-state index contributed by atoms with van der Waals surface area (Å²) in [6.07, 6.45) is 2.45. The van der Waals surface area contributed by atoms with Gasteiger partial charge in [0.2, 0.25) is 5.88 Å². The van der Waals surface area contributed by atoms with Gasteiger partial charge in [0.05, 0.1) is 18.6 Å². The van der Waals surface area contributed by atoms with Gasteiger partial charge in [0.25, 0.3) is 0 Å². The zero-order chi connectivity index (χ0) is 13.9. The topological polar surface area (TPSA) is 59.5 Å². The molecule has 1 saturated heterocycles. The van der Waals surface area contributed by atoms with Crippen LogP contribution in [0.5, 0.6) is 5.88 Å². The molecule has 0 bridgehead atoms. The minimum Gasteiger partial charge on any atom is -0.481 e. The smallest absolute Gasteiger partial charge is 0.213 e. The Morgan fingerprint density at radius 1 is 1.53 bits per heavy atom. The average Bonchev–Trinajstić information content (AvgIpc) is 2.76. The molecule has 1 aromatic heterocycles. The maximum Gasteiger partial charge on any atom is 0.213 e. The van der Waals surface area contributed by atoms with Crippen molar-refractivity contribution in [3.05, 3.63) is 23.9 Å². The molecule has 2 rings (SSSR count). The first-order valence-electron chi connectivity index (χ1n) is 6.47. The molecule has 1 aliphatic heterocycles. The van der Waals surface area contributed by atoms with Gasteiger partial charge in [-0.05, 0) is 24.6 Å². The lowest BCUT2D eigenvalue weighted by Crippen LogP contribution is -2.35. The monoisotopic (exact) mass is 284 g/mol. The van der Waals surface area contributed by atoms with E-state index in [1.165, 1.54) is 0 Å². The molecule has 1 aliphatic rings. The van der Waals surface area contributed by atoms with Crippen molar-refractivity contribution < 1.29 is 13.2 Å². The maximum absolute atomic E-state index is 11.6. The minimum absolute atomic E-state index is 0.133. The second-order valence-electron chi connectivity index (χ2n) is 4.83. The molecular weight excluding hydrogens is 264 g/mol. The number of hydrogen-bond donors (Lipinski definition) is 0. The third kappa shape index (κ3) is 3.67. The Morgan fingerprint density at radius 3 is 2.89 bits per heavy atom. The van der Waals surface area contributed by atoms with E-state index in [1.807, 2.05) is 12.1 Å². The number of hydrogen-bond acceptors (Lipinski definition) is 5. The highest BCUT2D eigenvalue weighted by atomic mass is 32.2. The van der Waals surface area contributed by atoms with E-state index >= 15 is 0 Å². The summed E-state index contributed by atoms with van der Waals surface area (Å²) in [5.74, 6) is 1.18. The van der Waals surface area contributed by atoms with Crippen molar-refractivity contribution in [2.75, 3.05) is 25.2 Å². The first-order valence-corrected chi connectivity index (χ1v) is 8.29. The van der Waals surface area contributed by atoms with Gasteiger partial charge in [-0.25, -0.2) is 13.4 Å². The molecule has 5 nitrogen and oxygen atoms in total. The standard InChI is InChI=1S/C13H20N2O3S/c1-3-15(12-5-7-19(16,17)10-12)9-11-4-6-14-13(8-11)18-2/h4,6,8,12H,3,5,7,9-10H2,1-2H3. The number of sulfone groups is 1. The molecule has 0 N–H and O–H groups in total. The van der Waals surface area contributed by atoms with E-state index in [0.717, 1.165) is 25.1 Å².